The van der Waals surface area contributed by atoms with Gasteiger partial charge >= 0.3 is 0 Å². The van der Waals surface area contributed by atoms with Crippen molar-refractivity contribution in [1.82, 2.24) is 9.99 Å². The Morgan fingerprint density at radius 2 is 1.59 bits per heavy atom. The number of benzene rings is 4. The van der Waals surface area contributed by atoms with Gasteiger partial charge in [0.25, 0.3) is 5.91 Å². The zero-order chi connectivity index (χ0) is 21.9. The molecule has 0 unspecified atom stereocenters. The number of halogens is 1. The number of hydrogen-bond donors (Lipinski definition) is 1. The largest absolute Gasteiger partial charge is 0.342 e. The third-order valence-corrected chi connectivity index (χ3v) is 5.77. The number of aromatic nitrogens is 1. The molecule has 0 bridgehead atoms. The number of carbonyl (C=O) groups is 1. The first kappa shape index (κ1) is 20.0. The molecule has 1 aromatic heterocycles. The van der Waals surface area contributed by atoms with E-state index in [2.05, 4.69) is 75.9 Å². The molecule has 0 spiro atoms. The quantitative estimate of drug-likeness (QED) is 0.256. The molecule has 32 heavy (non-hydrogen) atoms. The standard InChI is InChI=1S/C27H20ClN3O/c28-23-14-12-20(13-15-23)27(32)30-29-16-22-18-31(26-11-4-3-10-25(22)26)17-21-8-5-7-19-6-1-2-9-24(19)21/h1-16,18H,17H2,(H,30,32)/b29-16-. The van der Waals surface area contributed by atoms with Crippen molar-refractivity contribution >= 4 is 45.4 Å². The summed E-state index contributed by atoms with van der Waals surface area (Å²) in [7, 11) is 0. The molecule has 1 N–H and O–H groups in total. The monoisotopic (exact) mass is 437 g/mol. The fourth-order valence-corrected chi connectivity index (χ4v) is 4.08. The third-order valence-electron chi connectivity index (χ3n) is 5.52. The van der Waals surface area contributed by atoms with E-state index in [-0.39, 0.29) is 5.91 Å². The molecule has 0 saturated carbocycles. The SMILES string of the molecule is O=C(N/N=C\c1cn(Cc2cccc3ccccc23)c2ccccc12)c1ccc(Cl)cc1. The van der Waals surface area contributed by atoms with Gasteiger partial charge < -0.3 is 4.57 Å². The predicted molar refractivity (Wildman–Crippen MR) is 132 cm³/mol. The molecule has 4 nitrogen and oxygen atoms in total. The fourth-order valence-electron chi connectivity index (χ4n) is 3.95. The van der Waals surface area contributed by atoms with Gasteiger partial charge in [-0.2, -0.15) is 5.10 Å². The molecule has 0 saturated heterocycles. The second-order valence-corrected chi connectivity index (χ2v) is 8.01. The molecule has 5 aromatic rings. The number of carbonyl (C=O) groups excluding carboxylic acids is 1. The average molecular weight is 438 g/mol. The summed E-state index contributed by atoms with van der Waals surface area (Å²) in [5.74, 6) is -0.280. The normalized spacial score (nSPS) is 11.4. The summed E-state index contributed by atoms with van der Waals surface area (Å²) in [5, 5.41) is 8.34. The highest BCUT2D eigenvalue weighted by Crippen LogP contribution is 2.24. The lowest BCUT2D eigenvalue weighted by Gasteiger charge is -2.09. The summed E-state index contributed by atoms with van der Waals surface area (Å²) in [6, 6.07) is 29.7. The van der Waals surface area contributed by atoms with Gasteiger partial charge in [0.05, 0.1) is 6.21 Å². The molecular formula is C27H20ClN3O. The first-order chi connectivity index (χ1) is 15.7. The van der Waals surface area contributed by atoms with Gasteiger partial charge in [-0.1, -0.05) is 72.3 Å². The van der Waals surface area contributed by atoms with E-state index in [1.807, 2.05) is 12.1 Å². The van der Waals surface area contributed by atoms with Crippen LogP contribution in [0.2, 0.25) is 5.02 Å². The highest BCUT2D eigenvalue weighted by atomic mass is 35.5. The van der Waals surface area contributed by atoms with Crippen LogP contribution in [0.15, 0.2) is 102 Å². The molecule has 0 fully saturated rings. The van der Waals surface area contributed by atoms with E-state index in [1.165, 1.54) is 16.3 Å². The number of hydrazone groups is 1. The predicted octanol–water partition coefficient (Wildman–Crippen LogP) is 6.26. The lowest BCUT2D eigenvalue weighted by molar-refractivity contribution is 0.0955. The summed E-state index contributed by atoms with van der Waals surface area (Å²) in [6.45, 7) is 0.743. The lowest BCUT2D eigenvalue weighted by atomic mass is 10.0. The number of amides is 1. The van der Waals surface area contributed by atoms with Gasteiger partial charge in [0.2, 0.25) is 0 Å². The van der Waals surface area contributed by atoms with E-state index >= 15 is 0 Å². The minimum Gasteiger partial charge on any atom is -0.342 e. The van der Waals surface area contributed by atoms with Crippen molar-refractivity contribution < 1.29 is 4.79 Å². The second kappa shape index (κ2) is 8.69. The number of rotatable bonds is 5. The van der Waals surface area contributed by atoms with E-state index < -0.39 is 0 Å². The molecule has 1 heterocycles. The van der Waals surface area contributed by atoms with Crippen LogP contribution in [-0.2, 0) is 6.54 Å². The van der Waals surface area contributed by atoms with Crippen LogP contribution in [0.1, 0.15) is 21.5 Å². The number of nitrogens with zero attached hydrogens (tertiary/aromatic N) is 2. The van der Waals surface area contributed by atoms with Gasteiger partial charge in [0.1, 0.15) is 0 Å². The number of fused-ring (bicyclic) bond motifs is 2. The Morgan fingerprint density at radius 3 is 2.44 bits per heavy atom. The van der Waals surface area contributed by atoms with Gasteiger partial charge in [0.15, 0.2) is 0 Å². The maximum Gasteiger partial charge on any atom is 0.271 e. The molecule has 156 valence electrons. The third kappa shape index (κ3) is 4.01. The number of hydrogen-bond acceptors (Lipinski definition) is 2. The molecule has 4 aromatic carbocycles. The summed E-state index contributed by atoms with van der Waals surface area (Å²) in [6.07, 6.45) is 3.76. The van der Waals surface area contributed by atoms with E-state index in [4.69, 9.17) is 11.6 Å². The molecule has 0 aliphatic heterocycles. The van der Waals surface area contributed by atoms with Crippen LogP contribution < -0.4 is 5.43 Å². The van der Waals surface area contributed by atoms with Crippen LogP contribution in [0.25, 0.3) is 21.7 Å². The molecule has 0 radical (unpaired) electrons. The Kier molecular flexibility index (Phi) is 5.44. The van der Waals surface area contributed by atoms with Gasteiger partial charge in [-0.25, -0.2) is 5.43 Å². The van der Waals surface area contributed by atoms with E-state index in [0.29, 0.717) is 10.6 Å². The minimum atomic E-state index is -0.280. The minimum absolute atomic E-state index is 0.280. The highest BCUT2D eigenvalue weighted by molar-refractivity contribution is 6.30. The van der Waals surface area contributed by atoms with Gasteiger partial charge in [-0.3, -0.25) is 4.79 Å². The van der Waals surface area contributed by atoms with E-state index in [0.717, 1.165) is 23.0 Å². The Balaban J connectivity index is 1.43. The molecule has 1 amide bonds. The van der Waals surface area contributed by atoms with Crippen molar-refractivity contribution in [3.63, 3.8) is 0 Å². The molecule has 5 heteroatoms. The van der Waals surface area contributed by atoms with E-state index in [9.17, 15) is 4.79 Å². The Labute approximate surface area is 190 Å². The summed E-state index contributed by atoms with van der Waals surface area (Å²) in [5.41, 5.74) is 6.41. The van der Waals surface area contributed by atoms with Crippen LogP contribution >= 0.6 is 11.6 Å². The van der Waals surface area contributed by atoms with Crippen molar-refractivity contribution in [1.29, 1.82) is 0 Å². The van der Waals surface area contributed by atoms with Crippen LogP contribution in [0.5, 0.6) is 0 Å². The average Bonchev–Trinajstić information content (AvgIpc) is 3.17. The molecule has 0 aliphatic carbocycles. The summed E-state index contributed by atoms with van der Waals surface area (Å²) < 4.78 is 2.22. The van der Waals surface area contributed by atoms with Crippen molar-refractivity contribution in [2.24, 2.45) is 5.10 Å². The fraction of sp³-hybridized carbons (Fsp3) is 0.0370. The Hall–Kier alpha value is -3.89. The summed E-state index contributed by atoms with van der Waals surface area (Å²) >= 11 is 5.89. The smallest absolute Gasteiger partial charge is 0.271 e. The number of nitrogens with one attached hydrogen (secondary N) is 1. The molecule has 5 rings (SSSR count). The first-order valence-electron chi connectivity index (χ1n) is 10.3. The van der Waals surface area contributed by atoms with Crippen LogP contribution in [0, 0.1) is 0 Å². The van der Waals surface area contributed by atoms with Crippen molar-refractivity contribution in [3.8, 4) is 0 Å². The van der Waals surface area contributed by atoms with Crippen LogP contribution in [-0.4, -0.2) is 16.7 Å². The zero-order valence-electron chi connectivity index (χ0n) is 17.2. The van der Waals surface area contributed by atoms with Crippen molar-refractivity contribution in [2.45, 2.75) is 6.54 Å². The van der Waals surface area contributed by atoms with Gasteiger partial charge in [0, 0.05) is 39.8 Å². The topological polar surface area (TPSA) is 46.4 Å². The second-order valence-electron chi connectivity index (χ2n) is 7.57. The zero-order valence-corrected chi connectivity index (χ0v) is 18.0. The Morgan fingerprint density at radius 1 is 0.875 bits per heavy atom. The molecular weight excluding hydrogens is 418 g/mol. The van der Waals surface area contributed by atoms with Gasteiger partial charge in [-0.05, 0) is 46.7 Å². The van der Waals surface area contributed by atoms with Crippen LogP contribution in [0.3, 0.4) is 0 Å². The first-order valence-corrected chi connectivity index (χ1v) is 10.7. The number of para-hydroxylation sites is 1. The van der Waals surface area contributed by atoms with Crippen LogP contribution in [0.4, 0.5) is 0 Å². The van der Waals surface area contributed by atoms with E-state index in [1.54, 1.807) is 30.5 Å². The maximum atomic E-state index is 12.3. The van der Waals surface area contributed by atoms with Crippen molar-refractivity contribution in [3.05, 3.63) is 119 Å². The van der Waals surface area contributed by atoms with Crippen molar-refractivity contribution in [2.75, 3.05) is 0 Å². The maximum absolute atomic E-state index is 12.3. The Bertz CT molecular complexity index is 1450. The summed E-state index contributed by atoms with van der Waals surface area (Å²) in [4.78, 5) is 12.3. The molecule has 0 atom stereocenters. The van der Waals surface area contributed by atoms with Gasteiger partial charge in [-0.15, -0.1) is 0 Å². The highest BCUT2D eigenvalue weighted by Gasteiger charge is 2.09. The molecule has 0 aliphatic rings. The lowest BCUT2D eigenvalue weighted by Crippen LogP contribution is -2.17.